The number of benzene rings is 2. The van der Waals surface area contributed by atoms with E-state index in [2.05, 4.69) is 24.4 Å². The van der Waals surface area contributed by atoms with Gasteiger partial charge in [0.2, 0.25) is 0 Å². The lowest BCUT2D eigenvalue weighted by Crippen LogP contribution is -2.31. The smallest absolute Gasteiger partial charge is 0.256 e. The van der Waals surface area contributed by atoms with Crippen molar-refractivity contribution in [3.05, 3.63) is 89.4 Å². The van der Waals surface area contributed by atoms with Crippen molar-refractivity contribution in [2.24, 2.45) is 0 Å². The number of hydrogen-bond donors (Lipinski definition) is 1. The molecule has 1 atom stereocenters. The maximum atomic E-state index is 12.8. The van der Waals surface area contributed by atoms with E-state index in [1.807, 2.05) is 53.4 Å². The first-order chi connectivity index (χ1) is 11.7. The van der Waals surface area contributed by atoms with E-state index in [1.54, 1.807) is 6.26 Å². The van der Waals surface area contributed by atoms with Gasteiger partial charge in [-0.3, -0.25) is 4.79 Å². The number of nitrogens with one attached hydrogen (secondary N) is 1. The van der Waals surface area contributed by atoms with Crippen LogP contribution in [0.3, 0.4) is 0 Å². The van der Waals surface area contributed by atoms with E-state index >= 15 is 0 Å². The van der Waals surface area contributed by atoms with Crippen molar-refractivity contribution in [1.82, 2.24) is 4.90 Å². The monoisotopic (exact) mass is 318 g/mol. The van der Waals surface area contributed by atoms with E-state index < -0.39 is 0 Å². The number of rotatable bonds is 4. The highest BCUT2D eigenvalue weighted by Gasteiger charge is 2.36. The van der Waals surface area contributed by atoms with Gasteiger partial charge in [-0.2, -0.15) is 0 Å². The van der Waals surface area contributed by atoms with Gasteiger partial charge in [0.1, 0.15) is 11.9 Å². The second-order valence-electron chi connectivity index (χ2n) is 6.01. The number of fused-ring (bicyclic) bond motifs is 1. The van der Waals surface area contributed by atoms with E-state index in [4.69, 9.17) is 4.42 Å². The van der Waals surface area contributed by atoms with Crippen LogP contribution in [0.15, 0.2) is 71.3 Å². The third-order valence-electron chi connectivity index (χ3n) is 4.32. The Bertz CT molecular complexity index is 854. The Labute approximate surface area is 140 Å². The molecule has 4 heteroatoms. The summed E-state index contributed by atoms with van der Waals surface area (Å²) in [6.45, 7) is 2.49. The molecule has 2 aromatic carbocycles. The predicted octanol–water partition coefficient (Wildman–Crippen LogP) is 4.35. The highest BCUT2D eigenvalue weighted by Crippen LogP contribution is 2.35. The lowest BCUT2D eigenvalue weighted by atomic mass is 10.1. The molecule has 1 amide bonds. The third kappa shape index (κ3) is 2.56. The second-order valence-corrected chi connectivity index (χ2v) is 6.01. The Morgan fingerprint density at radius 3 is 2.58 bits per heavy atom. The van der Waals surface area contributed by atoms with Crippen LogP contribution < -0.4 is 5.32 Å². The Morgan fingerprint density at radius 2 is 1.83 bits per heavy atom. The standard InChI is InChI=1S/C20H18N2O2/c1-14-8-10-15(11-9-14)21-19-17-6-2-3-7-18(17)20(23)22(19)13-16-5-4-12-24-16/h2-12,19,21H,13H2,1H3. The van der Waals surface area contributed by atoms with Gasteiger partial charge in [-0.25, -0.2) is 0 Å². The van der Waals surface area contributed by atoms with E-state index in [0.29, 0.717) is 6.54 Å². The molecule has 4 nitrogen and oxygen atoms in total. The van der Waals surface area contributed by atoms with Crippen LogP contribution in [0.1, 0.15) is 33.4 Å². The molecule has 0 radical (unpaired) electrons. The number of hydrogen-bond acceptors (Lipinski definition) is 3. The molecule has 1 unspecified atom stereocenters. The second kappa shape index (κ2) is 5.89. The normalized spacial score (nSPS) is 16.3. The van der Waals surface area contributed by atoms with Crippen LogP contribution in [0.4, 0.5) is 5.69 Å². The van der Waals surface area contributed by atoms with Crippen molar-refractivity contribution >= 4 is 11.6 Å². The highest BCUT2D eigenvalue weighted by molar-refractivity contribution is 5.99. The molecule has 1 N–H and O–H groups in total. The zero-order valence-electron chi connectivity index (χ0n) is 13.4. The Kier molecular flexibility index (Phi) is 3.58. The van der Waals surface area contributed by atoms with Gasteiger partial charge in [-0.05, 0) is 37.3 Å². The minimum atomic E-state index is -0.207. The number of anilines is 1. The van der Waals surface area contributed by atoms with Gasteiger partial charge < -0.3 is 14.6 Å². The fourth-order valence-electron chi connectivity index (χ4n) is 3.07. The van der Waals surface area contributed by atoms with Crippen molar-refractivity contribution in [3.63, 3.8) is 0 Å². The number of carbonyl (C=O) groups excluding carboxylic acids is 1. The molecule has 1 aromatic heterocycles. The Morgan fingerprint density at radius 1 is 1.04 bits per heavy atom. The van der Waals surface area contributed by atoms with Crippen LogP contribution in [-0.4, -0.2) is 10.8 Å². The third-order valence-corrected chi connectivity index (χ3v) is 4.32. The van der Waals surface area contributed by atoms with Crippen molar-refractivity contribution in [2.45, 2.75) is 19.6 Å². The average molecular weight is 318 g/mol. The summed E-state index contributed by atoms with van der Waals surface area (Å²) in [5, 5.41) is 3.48. The van der Waals surface area contributed by atoms with Crippen LogP contribution in [0.2, 0.25) is 0 Å². The molecule has 0 saturated carbocycles. The van der Waals surface area contributed by atoms with Crippen LogP contribution in [0, 0.1) is 6.92 Å². The quantitative estimate of drug-likeness (QED) is 0.777. The molecule has 0 saturated heterocycles. The lowest BCUT2D eigenvalue weighted by molar-refractivity contribution is 0.0715. The summed E-state index contributed by atoms with van der Waals surface area (Å²) in [6.07, 6.45) is 1.42. The van der Waals surface area contributed by atoms with Crippen LogP contribution >= 0.6 is 0 Å². The van der Waals surface area contributed by atoms with Gasteiger partial charge >= 0.3 is 0 Å². The molecule has 0 aliphatic carbocycles. The number of amides is 1. The number of nitrogens with zero attached hydrogens (tertiary/aromatic N) is 1. The largest absolute Gasteiger partial charge is 0.467 e. The molecule has 0 spiro atoms. The van der Waals surface area contributed by atoms with E-state index in [9.17, 15) is 4.79 Å². The van der Waals surface area contributed by atoms with Crippen molar-refractivity contribution in [1.29, 1.82) is 0 Å². The molecule has 3 aromatic rings. The molecule has 0 fully saturated rings. The average Bonchev–Trinajstić information content (AvgIpc) is 3.20. The molecule has 4 rings (SSSR count). The van der Waals surface area contributed by atoms with E-state index in [0.717, 1.165) is 22.6 Å². The van der Waals surface area contributed by atoms with Crippen molar-refractivity contribution < 1.29 is 9.21 Å². The van der Waals surface area contributed by atoms with Crippen LogP contribution in [-0.2, 0) is 6.54 Å². The van der Waals surface area contributed by atoms with Gasteiger partial charge in [0.05, 0.1) is 12.8 Å². The fourth-order valence-corrected chi connectivity index (χ4v) is 3.07. The predicted molar refractivity (Wildman–Crippen MR) is 92.6 cm³/mol. The number of furan rings is 1. The van der Waals surface area contributed by atoms with Crippen LogP contribution in [0.25, 0.3) is 0 Å². The van der Waals surface area contributed by atoms with Gasteiger partial charge in [-0.15, -0.1) is 0 Å². The first-order valence-electron chi connectivity index (χ1n) is 7.98. The first-order valence-corrected chi connectivity index (χ1v) is 7.98. The zero-order valence-corrected chi connectivity index (χ0v) is 13.4. The van der Waals surface area contributed by atoms with Crippen molar-refractivity contribution in [3.8, 4) is 0 Å². The molecule has 0 bridgehead atoms. The van der Waals surface area contributed by atoms with Gasteiger partial charge in [0.15, 0.2) is 0 Å². The summed E-state index contributed by atoms with van der Waals surface area (Å²) in [6, 6.07) is 19.7. The Hall–Kier alpha value is -3.01. The first kappa shape index (κ1) is 14.6. The highest BCUT2D eigenvalue weighted by atomic mass is 16.3. The topological polar surface area (TPSA) is 45.5 Å². The summed E-state index contributed by atoms with van der Waals surface area (Å²) in [7, 11) is 0. The Balaban J connectivity index is 1.68. The molecule has 1 aliphatic heterocycles. The van der Waals surface area contributed by atoms with E-state index in [1.165, 1.54) is 5.56 Å². The minimum absolute atomic E-state index is 0.0200. The number of aryl methyl sites for hydroxylation is 1. The SMILES string of the molecule is Cc1ccc(NC2c3ccccc3C(=O)N2Cc2ccco2)cc1. The lowest BCUT2D eigenvalue weighted by Gasteiger charge is -2.26. The summed E-state index contributed by atoms with van der Waals surface area (Å²) >= 11 is 0. The maximum Gasteiger partial charge on any atom is 0.256 e. The molecule has 24 heavy (non-hydrogen) atoms. The summed E-state index contributed by atoms with van der Waals surface area (Å²) in [5.74, 6) is 0.790. The summed E-state index contributed by atoms with van der Waals surface area (Å²) in [5.41, 5.74) is 3.93. The van der Waals surface area contributed by atoms with Gasteiger partial charge in [0, 0.05) is 16.8 Å². The summed E-state index contributed by atoms with van der Waals surface area (Å²) < 4.78 is 5.44. The van der Waals surface area contributed by atoms with E-state index in [-0.39, 0.29) is 12.1 Å². The zero-order chi connectivity index (χ0) is 16.5. The molecular formula is C20H18N2O2. The maximum absolute atomic E-state index is 12.8. The molecule has 120 valence electrons. The molecular weight excluding hydrogens is 300 g/mol. The fraction of sp³-hybridized carbons (Fsp3) is 0.150. The summed E-state index contributed by atoms with van der Waals surface area (Å²) in [4.78, 5) is 14.6. The minimum Gasteiger partial charge on any atom is -0.467 e. The van der Waals surface area contributed by atoms with Crippen LogP contribution in [0.5, 0.6) is 0 Å². The molecule has 1 aliphatic rings. The van der Waals surface area contributed by atoms with Gasteiger partial charge in [-0.1, -0.05) is 35.9 Å². The molecule has 2 heterocycles. The van der Waals surface area contributed by atoms with Crippen molar-refractivity contribution in [2.75, 3.05) is 5.32 Å². The van der Waals surface area contributed by atoms with Gasteiger partial charge in [0.25, 0.3) is 5.91 Å². The number of carbonyl (C=O) groups is 1.